The number of morpholine rings is 1. The van der Waals surface area contributed by atoms with Gasteiger partial charge in [-0.2, -0.15) is 0 Å². The molecule has 0 aromatic carbocycles. The Balaban J connectivity index is 2.43. The van der Waals surface area contributed by atoms with E-state index in [1.54, 1.807) is 0 Å². The van der Waals surface area contributed by atoms with Crippen molar-refractivity contribution in [1.82, 2.24) is 10.2 Å². The van der Waals surface area contributed by atoms with E-state index in [0.29, 0.717) is 17.6 Å². The molecule has 0 bridgehead atoms. The average molecular weight is 242 g/mol. The van der Waals surface area contributed by atoms with Gasteiger partial charge in [0.05, 0.1) is 12.7 Å². The second-order valence-corrected chi connectivity index (χ2v) is 6.30. The molecule has 0 radical (unpaired) electrons. The van der Waals surface area contributed by atoms with Crippen LogP contribution in [0.25, 0.3) is 0 Å². The number of nitrogens with one attached hydrogen (secondary N) is 1. The summed E-state index contributed by atoms with van der Waals surface area (Å²) in [6.07, 6.45) is 2.79. The first-order valence-corrected chi connectivity index (χ1v) is 6.97. The van der Waals surface area contributed by atoms with Gasteiger partial charge in [0.15, 0.2) is 0 Å². The van der Waals surface area contributed by atoms with Crippen molar-refractivity contribution in [2.24, 2.45) is 5.41 Å². The van der Waals surface area contributed by atoms with Crippen LogP contribution in [-0.4, -0.2) is 50.3 Å². The molecule has 3 heteroatoms. The molecule has 1 saturated heterocycles. The number of ether oxygens (including phenoxy) is 1. The maximum Gasteiger partial charge on any atom is 0.0855 e. The highest BCUT2D eigenvalue weighted by atomic mass is 16.5. The van der Waals surface area contributed by atoms with Crippen molar-refractivity contribution in [3.8, 4) is 0 Å². The van der Waals surface area contributed by atoms with Crippen LogP contribution in [0.15, 0.2) is 0 Å². The molecule has 2 unspecified atom stereocenters. The maximum atomic E-state index is 5.92. The summed E-state index contributed by atoms with van der Waals surface area (Å²) in [4.78, 5) is 2.48. The van der Waals surface area contributed by atoms with Gasteiger partial charge >= 0.3 is 0 Å². The Kier molecular flexibility index (Phi) is 5.90. The Morgan fingerprint density at radius 1 is 1.41 bits per heavy atom. The molecular formula is C14H30N2O. The Labute approximate surface area is 107 Å². The zero-order valence-electron chi connectivity index (χ0n) is 12.3. The molecule has 1 aliphatic rings. The number of likely N-dealkylation sites (N-methyl/N-ethyl adjacent to an activating group) is 2. The topological polar surface area (TPSA) is 24.5 Å². The van der Waals surface area contributed by atoms with Crippen molar-refractivity contribution in [3.05, 3.63) is 0 Å². The fourth-order valence-electron chi connectivity index (χ4n) is 2.37. The summed E-state index contributed by atoms with van der Waals surface area (Å²) in [5.41, 5.74) is 0.411. The molecule has 0 spiro atoms. The van der Waals surface area contributed by atoms with E-state index >= 15 is 0 Å². The zero-order valence-corrected chi connectivity index (χ0v) is 12.3. The Bertz CT molecular complexity index is 213. The van der Waals surface area contributed by atoms with Crippen LogP contribution in [0.2, 0.25) is 0 Å². The average Bonchev–Trinajstić information content (AvgIpc) is 2.29. The molecule has 0 aliphatic carbocycles. The lowest BCUT2D eigenvalue weighted by atomic mass is 9.87. The number of hydrogen-bond acceptors (Lipinski definition) is 3. The van der Waals surface area contributed by atoms with E-state index in [9.17, 15) is 0 Å². The molecule has 3 nitrogen and oxygen atoms in total. The fourth-order valence-corrected chi connectivity index (χ4v) is 2.37. The van der Waals surface area contributed by atoms with Crippen LogP contribution >= 0.6 is 0 Å². The third-order valence-electron chi connectivity index (χ3n) is 3.65. The lowest BCUT2D eigenvalue weighted by Gasteiger charge is -2.37. The Morgan fingerprint density at radius 3 is 2.65 bits per heavy atom. The van der Waals surface area contributed by atoms with Crippen molar-refractivity contribution in [2.75, 3.05) is 33.3 Å². The van der Waals surface area contributed by atoms with Crippen LogP contribution in [0.5, 0.6) is 0 Å². The lowest BCUT2D eigenvalue weighted by molar-refractivity contribution is -0.0463. The van der Waals surface area contributed by atoms with Crippen LogP contribution in [0, 0.1) is 5.41 Å². The quantitative estimate of drug-likeness (QED) is 0.799. The zero-order chi connectivity index (χ0) is 12.9. The predicted molar refractivity (Wildman–Crippen MR) is 73.4 cm³/mol. The second-order valence-electron chi connectivity index (χ2n) is 6.30. The lowest BCUT2D eigenvalue weighted by Crippen LogP contribution is -2.51. The largest absolute Gasteiger partial charge is 0.374 e. The summed E-state index contributed by atoms with van der Waals surface area (Å²) in [7, 11) is 2.06. The van der Waals surface area contributed by atoms with E-state index in [1.165, 1.54) is 12.8 Å². The molecular weight excluding hydrogens is 212 g/mol. The highest BCUT2D eigenvalue weighted by Gasteiger charge is 2.27. The summed E-state index contributed by atoms with van der Waals surface area (Å²) in [6.45, 7) is 13.3. The third-order valence-corrected chi connectivity index (χ3v) is 3.65. The minimum absolute atomic E-state index is 0.357. The fraction of sp³-hybridized carbons (Fsp3) is 1.00. The van der Waals surface area contributed by atoms with Gasteiger partial charge in [-0.05, 0) is 31.8 Å². The van der Waals surface area contributed by atoms with Crippen molar-refractivity contribution >= 4 is 0 Å². The van der Waals surface area contributed by atoms with Crippen LogP contribution < -0.4 is 5.32 Å². The van der Waals surface area contributed by atoms with Crippen LogP contribution in [0.3, 0.4) is 0 Å². The summed E-state index contributed by atoms with van der Waals surface area (Å²) in [6, 6.07) is 0.489. The van der Waals surface area contributed by atoms with E-state index < -0.39 is 0 Å². The molecule has 1 N–H and O–H groups in total. The van der Waals surface area contributed by atoms with Crippen molar-refractivity contribution in [2.45, 2.75) is 52.7 Å². The first-order valence-electron chi connectivity index (χ1n) is 6.97. The molecule has 2 atom stereocenters. The van der Waals surface area contributed by atoms with E-state index in [-0.39, 0.29) is 0 Å². The van der Waals surface area contributed by atoms with E-state index in [1.807, 2.05) is 0 Å². The van der Waals surface area contributed by atoms with E-state index in [4.69, 9.17) is 4.74 Å². The van der Waals surface area contributed by atoms with Gasteiger partial charge in [-0.1, -0.05) is 27.7 Å². The maximum absolute atomic E-state index is 5.92. The van der Waals surface area contributed by atoms with Gasteiger partial charge in [-0.15, -0.1) is 0 Å². The normalized spacial score (nSPS) is 24.9. The standard InChI is InChI=1S/C14H30N2O/c1-6-16-9-10-17-13(11-16)12(15-5)7-8-14(2,3)4/h12-13,15H,6-11H2,1-5H3. The van der Waals surface area contributed by atoms with Crippen LogP contribution in [-0.2, 0) is 4.74 Å². The predicted octanol–water partition coefficient (Wildman–Crippen LogP) is 2.12. The van der Waals surface area contributed by atoms with E-state index in [0.717, 1.165) is 26.2 Å². The Hall–Kier alpha value is -0.120. The molecule has 102 valence electrons. The van der Waals surface area contributed by atoms with Crippen LogP contribution in [0.1, 0.15) is 40.5 Å². The molecule has 0 amide bonds. The number of rotatable bonds is 5. The van der Waals surface area contributed by atoms with Crippen molar-refractivity contribution in [3.63, 3.8) is 0 Å². The highest BCUT2D eigenvalue weighted by molar-refractivity contribution is 4.83. The molecule has 17 heavy (non-hydrogen) atoms. The molecule has 1 fully saturated rings. The van der Waals surface area contributed by atoms with Crippen LogP contribution in [0.4, 0.5) is 0 Å². The molecule has 0 aromatic rings. The third kappa shape index (κ3) is 5.36. The highest BCUT2D eigenvalue weighted by Crippen LogP contribution is 2.23. The monoisotopic (exact) mass is 242 g/mol. The van der Waals surface area contributed by atoms with Gasteiger partial charge in [-0.3, -0.25) is 4.90 Å². The smallest absolute Gasteiger partial charge is 0.0855 e. The molecule has 0 aromatic heterocycles. The van der Waals surface area contributed by atoms with Crippen molar-refractivity contribution < 1.29 is 4.74 Å². The SMILES string of the molecule is CCN1CCOC(C(CCC(C)(C)C)NC)C1. The summed E-state index contributed by atoms with van der Waals surface area (Å²) < 4.78 is 5.92. The minimum atomic E-state index is 0.357. The summed E-state index contributed by atoms with van der Waals surface area (Å²) in [5.74, 6) is 0. The molecule has 0 saturated carbocycles. The van der Waals surface area contributed by atoms with Gasteiger partial charge in [0.1, 0.15) is 0 Å². The van der Waals surface area contributed by atoms with Gasteiger partial charge in [0.2, 0.25) is 0 Å². The molecule has 1 heterocycles. The molecule has 1 aliphatic heterocycles. The van der Waals surface area contributed by atoms with Gasteiger partial charge in [-0.25, -0.2) is 0 Å². The first kappa shape index (κ1) is 14.9. The summed E-state index contributed by atoms with van der Waals surface area (Å²) in [5, 5.41) is 3.44. The van der Waals surface area contributed by atoms with E-state index in [2.05, 4.69) is 45.0 Å². The Morgan fingerprint density at radius 2 is 2.12 bits per heavy atom. The number of hydrogen-bond donors (Lipinski definition) is 1. The second kappa shape index (κ2) is 6.72. The van der Waals surface area contributed by atoms with Crippen molar-refractivity contribution in [1.29, 1.82) is 0 Å². The van der Waals surface area contributed by atoms with Gasteiger partial charge in [0.25, 0.3) is 0 Å². The van der Waals surface area contributed by atoms with Gasteiger partial charge < -0.3 is 10.1 Å². The summed E-state index contributed by atoms with van der Waals surface area (Å²) >= 11 is 0. The number of nitrogens with zero attached hydrogens (tertiary/aromatic N) is 1. The first-order chi connectivity index (χ1) is 7.96. The minimum Gasteiger partial charge on any atom is -0.374 e. The molecule has 1 rings (SSSR count). The van der Waals surface area contributed by atoms with Gasteiger partial charge in [0, 0.05) is 19.1 Å².